The molecule has 4 radical (unpaired) electrons. The quantitative estimate of drug-likeness (QED) is 0.217. The van der Waals surface area contributed by atoms with E-state index < -0.39 is 5.47 Å². The number of benzene rings is 1. The third-order valence-electron chi connectivity index (χ3n) is 13.3. The van der Waals surface area contributed by atoms with E-state index in [1.165, 1.54) is 43.5 Å². The molecule has 6 rings (SSSR count). The molecule has 1 N–H and O–H groups in total. The van der Waals surface area contributed by atoms with Crippen LogP contribution >= 0.6 is 12.6 Å². The molecule has 0 spiro atoms. The molecule has 5 aliphatic rings. The Labute approximate surface area is 324 Å². The Hall–Kier alpha value is -1.51. The van der Waals surface area contributed by atoms with Gasteiger partial charge in [-0.1, -0.05) is 54.0 Å². The average molecular weight is 736 g/mol. The van der Waals surface area contributed by atoms with E-state index >= 15 is 0 Å². The Bertz CT molecular complexity index is 1310. The first-order chi connectivity index (χ1) is 24.4. The van der Waals surface area contributed by atoms with Gasteiger partial charge in [0.1, 0.15) is 27.2 Å². The second-order valence-corrected chi connectivity index (χ2v) is 18.5. The van der Waals surface area contributed by atoms with Crippen molar-refractivity contribution in [2.75, 3.05) is 39.0 Å². The van der Waals surface area contributed by atoms with E-state index in [1.54, 1.807) is 6.92 Å². The monoisotopic (exact) mass is 736 g/mol. The Kier molecular flexibility index (Phi) is 15.7. The van der Waals surface area contributed by atoms with Gasteiger partial charge in [0.2, 0.25) is 0 Å². The van der Waals surface area contributed by atoms with Crippen molar-refractivity contribution < 1.29 is 18.7 Å². The number of alkyl halides is 1. The van der Waals surface area contributed by atoms with Crippen LogP contribution in [0, 0.1) is 28.6 Å². The Morgan fingerprint density at radius 2 is 1.71 bits per heavy atom. The van der Waals surface area contributed by atoms with E-state index in [1.807, 2.05) is 6.07 Å². The van der Waals surface area contributed by atoms with Crippen LogP contribution in [-0.2, 0) is 11.2 Å². The fraction of sp³-hybridized carbons (Fsp3) is 0.810. The van der Waals surface area contributed by atoms with E-state index in [0.717, 1.165) is 76.6 Å². The maximum Gasteiger partial charge on any atom is 0.412 e. The number of piperidine rings is 2. The van der Waals surface area contributed by atoms with Crippen molar-refractivity contribution in [1.29, 1.82) is 0 Å². The van der Waals surface area contributed by atoms with E-state index in [9.17, 15) is 14.0 Å². The number of hydrogen-bond acceptors (Lipinski definition) is 6. The molecule has 2 aliphatic heterocycles. The van der Waals surface area contributed by atoms with Crippen LogP contribution in [0.5, 0.6) is 5.75 Å². The zero-order valence-electron chi connectivity index (χ0n) is 33.5. The van der Waals surface area contributed by atoms with Crippen LogP contribution in [0.2, 0.25) is 0 Å². The molecule has 6 nitrogen and oxygen atoms in total. The topological polar surface area (TPSA) is 61.9 Å². The Morgan fingerprint density at radius 1 is 1.06 bits per heavy atom. The molecule has 1 aromatic carbocycles. The number of nitrogens with zero attached hydrogens (tertiary/aromatic N) is 2. The van der Waals surface area contributed by atoms with Crippen LogP contribution in [0.25, 0.3) is 0 Å². The predicted octanol–water partition coefficient (Wildman–Crippen LogP) is 8.49. The highest BCUT2D eigenvalue weighted by Gasteiger charge is 2.54. The summed E-state index contributed by atoms with van der Waals surface area (Å²) in [6, 6.07) is 7.19. The van der Waals surface area contributed by atoms with Crippen molar-refractivity contribution in [1.82, 2.24) is 15.1 Å². The second kappa shape index (κ2) is 18.9. The van der Waals surface area contributed by atoms with Gasteiger partial charge in [0, 0.05) is 42.5 Å². The number of ether oxygens (including phenoxy) is 1. The Morgan fingerprint density at radius 3 is 2.31 bits per heavy atom. The number of Topliss-reactive ketones (excluding diaryl/α,β-unsaturated/α-hetero) is 1. The summed E-state index contributed by atoms with van der Waals surface area (Å²) in [6.45, 7) is 17.4. The number of amides is 1. The van der Waals surface area contributed by atoms with Crippen LogP contribution in [0.3, 0.4) is 0 Å². The molecule has 1 amide bonds. The SMILES string of the molecule is CCC(C)(C)C.CN1CCC(N2CCC(NC(=O)Oc3ccc4c(c3)CCC3C4CCC4(C)C(=O)CCC34)CC2)CC1.[B]C([B])(F)C(C)CCCS. The number of aryl methyl sites for hydroxylation is 1. The third-order valence-corrected chi connectivity index (χ3v) is 13.6. The molecular weight excluding hydrogens is 667 g/mol. The summed E-state index contributed by atoms with van der Waals surface area (Å²) in [7, 11) is 12.2. The van der Waals surface area contributed by atoms with Crippen LogP contribution in [0.1, 0.15) is 136 Å². The van der Waals surface area contributed by atoms with Gasteiger partial charge < -0.3 is 19.9 Å². The van der Waals surface area contributed by atoms with E-state index in [4.69, 9.17) is 20.4 Å². The number of likely N-dealkylation sites (tertiary alicyclic amines) is 2. The van der Waals surface area contributed by atoms with Crippen molar-refractivity contribution in [3.05, 3.63) is 29.3 Å². The van der Waals surface area contributed by atoms with Crippen LogP contribution in [0.15, 0.2) is 18.2 Å². The fourth-order valence-corrected chi connectivity index (χ4v) is 9.27. The summed E-state index contributed by atoms with van der Waals surface area (Å²) in [5.74, 6) is 3.34. The fourth-order valence-electron chi connectivity index (χ4n) is 9.08. The Balaban J connectivity index is 0.000000317. The van der Waals surface area contributed by atoms with Gasteiger partial charge in [-0.05, 0) is 149 Å². The summed E-state index contributed by atoms with van der Waals surface area (Å²) in [4.78, 5) is 30.3. The van der Waals surface area contributed by atoms with E-state index in [-0.39, 0.29) is 23.5 Å². The lowest BCUT2D eigenvalue weighted by atomic mass is 9.55. The molecule has 0 aromatic heterocycles. The summed E-state index contributed by atoms with van der Waals surface area (Å²) >= 11 is 3.99. The molecule has 2 saturated heterocycles. The lowest BCUT2D eigenvalue weighted by molar-refractivity contribution is -0.129. The summed E-state index contributed by atoms with van der Waals surface area (Å²) < 4.78 is 18.4. The van der Waals surface area contributed by atoms with Crippen molar-refractivity contribution >= 4 is 40.2 Å². The minimum absolute atomic E-state index is 0.0803. The first-order valence-corrected chi connectivity index (χ1v) is 21.0. The number of hydrogen-bond donors (Lipinski definition) is 2. The zero-order chi connectivity index (χ0) is 38.3. The molecule has 5 atom stereocenters. The van der Waals surface area contributed by atoms with Gasteiger partial charge in [0.25, 0.3) is 0 Å². The number of carbonyl (C=O) groups is 2. The third kappa shape index (κ3) is 11.7. The lowest BCUT2D eigenvalue weighted by Gasteiger charge is -2.48. The first kappa shape index (κ1) is 43.2. The number of rotatable bonds is 7. The maximum absolute atomic E-state index is 12.7. The highest BCUT2D eigenvalue weighted by Crippen LogP contribution is 2.59. The standard InChI is InChI=1S/C30H43N3O3.C6H11B2FS.C6H14/c1-30-14-9-25-24-6-4-23(19-20(24)3-5-26(25)27(30)7-8-28(30)34)36-29(35)31-21-10-17-33(18-11-21)22-12-15-32(2)16-13-22;1-5(3-2-4-10)6(7,8)9;1-5-6(2,3)4/h4,6,19,21-22,25-27H,3,5,7-18H2,1-2H3,(H,31,35);5,10H,2-4H2,1H3;5H2,1-4H3. The first-order valence-electron chi connectivity index (χ1n) is 20.4. The predicted molar refractivity (Wildman–Crippen MR) is 218 cm³/mol. The van der Waals surface area contributed by atoms with Crippen LogP contribution < -0.4 is 10.1 Å². The highest BCUT2D eigenvalue weighted by atomic mass is 32.1. The molecule has 2 saturated carbocycles. The normalized spacial score (nSPS) is 27.9. The van der Waals surface area contributed by atoms with Crippen molar-refractivity contribution in [3.8, 4) is 5.75 Å². The van der Waals surface area contributed by atoms with Crippen LogP contribution in [0.4, 0.5) is 9.18 Å². The molecule has 5 unspecified atom stereocenters. The molecule has 52 heavy (non-hydrogen) atoms. The van der Waals surface area contributed by atoms with Gasteiger partial charge in [-0.25, -0.2) is 4.79 Å². The van der Waals surface area contributed by atoms with E-state index in [0.29, 0.717) is 47.2 Å². The minimum Gasteiger partial charge on any atom is -0.410 e. The summed E-state index contributed by atoms with van der Waals surface area (Å²) in [5.41, 5.74) is 1.20. The van der Waals surface area contributed by atoms with Crippen molar-refractivity contribution in [3.63, 3.8) is 0 Å². The molecular formula is C42H68B2FN3O3S. The second-order valence-electron chi connectivity index (χ2n) is 18.1. The maximum atomic E-state index is 12.7. The number of carbonyl (C=O) groups excluding carboxylic acids is 2. The smallest absolute Gasteiger partial charge is 0.410 e. The molecule has 4 fully saturated rings. The van der Waals surface area contributed by atoms with Gasteiger partial charge in [-0.15, -0.1) is 0 Å². The summed E-state index contributed by atoms with van der Waals surface area (Å²) in [5, 5.41) is 3.13. The van der Waals surface area contributed by atoms with Gasteiger partial charge in [-0.3, -0.25) is 9.18 Å². The minimum atomic E-state index is -2.02. The molecule has 3 aliphatic carbocycles. The number of ketones is 1. The van der Waals surface area contributed by atoms with Gasteiger partial charge in [-0.2, -0.15) is 12.6 Å². The number of thiol groups is 1. The van der Waals surface area contributed by atoms with Gasteiger partial charge in [0.15, 0.2) is 0 Å². The molecule has 288 valence electrons. The molecule has 0 bridgehead atoms. The van der Waals surface area contributed by atoms with Crippen molar-refractivity contribution in [2.24, 2.45) is 28.6 Å². The number of fused-ring (bicyclic) bond motifs is 5. The van der Waals surface area contributed by atoms with E-state index in [2.05, 4.69) is 81.5 Å². The molecule has 10 heteroatoms. The molecule has 2 heterocycles. The zero-order valence-corrected chi connectivity index (χ0v) is 34.4. The number of nitrogens with one attached hydrogen (secondary N) is 1. The van der Waals surface area contributed by atoms with Gasteiger partial charge in [0.05, 0.1) is 0 Å². The van der Waals surface area contributed by atoms with Crippen LogP contribution in [-0.4, -0.2) is 93.9 Å². The molecule has 1 aromatic rings. The number of halogens is 1. The lowest BCUT2D eigenvalue weighted by Crippen LogP contribution is -2.51. The largest absolute Gasteiger partial charge is 0.412 e. The summed E-state index contributed by atoms with van der Waals surface area (Å²) in [6.07, 6.45) is 13.1. The van der Waals surface area contributed by atoms with Crippen molar-refractivity contribution in [2.45, 2.75) is 148 Å². The van der Waals surface area contributed by atoms with Gasteiger partial charge >= 0.3 is 6.09 Å². The average Bonchev–Trinajstić information content (AvgIpc) is 3.41. The highest BCUT2D eigenvalue weighted by molar-refractivity contribution is 7.80.